The number of methoxy groups -OCH3 is 1. The molecule has 2 saturated carbocycles. The van der Waals surface area contributed by atoms with Gasteiger partial charge < -0.3 is 14.7 Å². The first-order valence-electron chi connectivity index (χ1n) is 7.52. The molecule has 20 heavy (non-hydrogen) atoms. The van der Waals surface area contributed by atoms with Gasteiger partial charge in [0.15, 0.2) is 5.75 Å². The minimum absolute atomic E-state index is 0.371. The monoisotopic (exact) mass is 279 g/mol. The average molecular weight is 279 g/mol. The minimum atomic E-state index is -0.739. The molecule has 2 aliphatic rings. The van der Waals surface area contributed by atoms with Gasteiger partial charge in [-0.25, -0.2) is 0 Å². The van der Waals surface area contributed by atoms with Gasteiger partial charge >= 0.3 is 0 Å². The summed E-state index contributed by atoms with van der Waals surface area (Å²) >= 11 is 0. The third-order valence-corrected chi connectivity index (χ3v) is 5.01. The topological polar surface area (TPSA) is 50.5 Å². The molecule has 3 unspecified atom stereocenters. The van der Waals surface area contributed by atoms with E-state index in [1.165, 1.54) is 6.42 Å². The van der Waals surface area contributed by atoms with Gasteiger partial charge in [-0.3, -0.25) is 4.68 Å². The predicted octanol–water partition coefficient (Wildman–Crippen LogP) is 1.46. The van der Waals surface area contributed by atoms with Crippen molar-refractivity contribution in [2.24, 2.45) is 11.8 Å². The number of aromatic nitrogens is 2. The van der Waals surface area contributed by atoms with Crippen LogP contribution in [0, 0.1) is 11.8 Å². The van der Waals surface area contributed by atoms with E-state index < -0.39 is 5.60 Å². The Hall–Kier alpha value is -1.07. The smallest absolute Gasteiger partial charge is 0.162 e. The van der Waals surface area contributed by atoms with E-state index in [2.05, 4.69) is 10.00 Å². The van der Waals surface area contributed by atoms with Crippen molar-refractivity contribution < 1.29 is 9.84 Å². The predicted molar refractivity (Wildman–Crippen MR) is 76.7 cm³/mol. The van der Waals surface area contributed by atoms with Crippen LogP contribution in [0.1, 0.15) is 31.4 Å². The Morgan fingerprint density at radius 3 is 2.85 bits per heavy atom. The number of likely N-dealkylation sites (N-methyl/N-ethyl adjacent to an activating group) is 1. The zero-order chi connectivity index (χ0) is 14.3. The third kappa shape index (κ3) is 2.13. The summed E-state index contributed by atoms with van der Waals surface area (Å²) in [4.78, 5) is 2.13. The van der Waals surface area contributed by atoms with Gasteiger partial charge in [-0.1, -0.05) is 0 Å². The lowest BCUT2D eigenvalue weighted by molar-refractivity contribution is -0.0281. The molecule has 2 aliphatic carbocycles. The molecule has 0 aromatic carbocycles. The molecule has 0 aliphatic heterocycles. The normalized spacial score (nSPS) is 32.2. The van der Waals surface area contributed by atoms with Crippen molar-refractivity contribution in [1.29, 1.82) is 0 Å². The lowest BCUT2D eigenvalue weighted by Crippen LogP contribution is -2.36. The standard InChI is InChI=1S/C15H25N3O2/c1-17(2)6-7-18-14(13(20-3)10-16-18)15(19)9-11-4-5-12(15)8-11/h10-12,19H,4-9H2,1-3H3. The highest BCUT2D eigenvalue weighted by Gasteiger charge is 2.53. The summed E-state index contributed by atoms with van der Waals surface area (Å²) in [5.41, 5.74) is 0.158. The van der Waals surface area contributed by atoms with Crippen molar-refractivity contribution >= 4 is 0 Å². The van der Waals surface area contributed by atoms with E-state index in [-0.39, 0.29) is 0 Å². The second-order valence-electron chi connectivity index (χ2n) is 6.59. The SMILES string of the molecule is COc1cnn(CCN(C)C)c1C1(O)CC2CCC1C2. The Labute approximate surface area is 120 Å². The van der Waals surface area contributed by atoms with Crippen LogP contribution in [-0.4, -0.2) is 47.5 Å². The highest BCUT2D eigenvalue weighted by atomic mass is 16.5. The summed E-state index contributed by atoms with van der Waals surface area (Å²) in [7, 11) is 5.76. The van der Waals surface area contributed by atoms with E-state index in [1.807, 2.05) is 18.8 Å². The van der Waals surface area contributed by atoms with Crippen LogP contribution < -0.4 is 4.74 Å². The first-order valence-corrected chi connectivity index (χ1v) is 7.52. The molecule has 2 fully saturated rings. The molecule has 3 atom stereocenters. The second-order valence-corrected chi connectivity index (χ2v) is 6.59. The maximum absolute atomic E-state index is 11.2. The van der Waals surface area contributed by atoms with Crippen molar-refractivity contribution in [1.82, 2.24) is 14.7 Å². The number of rotatable bonds is 5. The Kier molecular flexibility index (Phi) is 3.50. The molecule has 2 bridgehead atoms. The molecular formula is C15H25N3O2. The zero-order valence-electron chi connectivity index (χ0n) is 12.7. The summed E-state index contributed by atoms with van der Waals surface area (Å²) in [5.74, 6) is 1.78. The highest BCUT2D eigenvalue weighted by Crippen LogP contribution is 2.56. The fraction of sp³-hybridized carbons (Fsp3) is 0.800. The molecule has 1 aromatic rings. The van der Waals surface area contributed by atoms with E-state index in [9.17, 15) is 5.11 Å². The van der Waals surface area contributed by atoms with Crippen LogP contribution >= 0.6 is 0 Å². The van der Waals surface area contributed by atoms with Crippen LogP contribution in [0.3, 0.4) is 0 Å². The van der Waals surface area contributed by atoms with Gasteiger partial charge in [-0.2, -0.15) is 5.10 Å². The molecule has 0 amide bonds. The lowest BCUT2D eigenvalue weighted by atomic mass is 9.81. The summed E-state index contributed by atoms with van der Waals surface area (Å²) < 4.78 is 7.41. The number of aliphatic hydroxyl groups is 1. The molecule has 0 spiro atoms. The van der Waals surface area contributed by atoms with Gasteiger partial charge in [0.05, 0.1) is 19.9 Å². The molecule has 5 nitrogen and oxygen atoms in total. The highest BCUT2D eigenvalue weighted by molar-refractivity contribution is 5.33. The summed E-state index contributed by atoms with van der Waals surface area (Å²) in [6.07, 6.45) is 6.15. The van der Waals surface area contributed by atoms with Gasteiger partial charge in [0, 0.05) is 6.54 Å². The number of nitrogens with zero attached hydrogens (tertiary/aromatic N) is 3. The number of hydrogen-bond donors (Lipinski definition) is 1. The largest absolute Gasteiger partial charge is 0.493 e. The lowest BCUT2D eigenvalue weighted by Gasteiger charge is -2.33. The second kappa shape index (κ2) is 5.04. The maximum atomic E-state index is 11.2. The van der Waals surface area contributed by atoms with Gasteiger partial charge in [0.2, 0.25) is 0 Å². The first-order chi connectivity index (χ1) is 9.54. The molecule has 0 radical (unpaired) electrons. The fourth-order valence-electron chi connectivity index (χ4n) is 4.01. The zero-order valence-corrected chi connectivity index (χ0v) is 12.7. The maximum Gasteiger partial charge on any atom is 0.162 e. The molecule has 1 aromatic heterocycles. The van der Waals surface area contributed by atoms with Crippen molar-refractivity contribution in [2.75, 3.05) is 27.7 Å². The van der Waals surface area contributed by atoms with Crippen LogP contribution in [0.4, 0.5) is 0 Å². The van der Waals surface area contributed by atoms with Crippen LogP contribution in [0.15, 0.2) is 6.20 Å². The Bertz CT molecular complexity index is 485. The minimum Gasteiger partial charge on any atom is -0.493 e. The van der Waals surface area contributed by atoms with Crippen LogP contribution in [0.25, 0.3) is 0 Å². The quantitative estimate of drug-likeness (QED) is 0.886. The molecule has 0 saturated heterocycles. The molecule has 112 valence electrons. The molecular weight excluding hydrogens is 254 g/mol. The summed E-state index contributed by atoms with van der Waals surface area (Å²) in [6.45, 7) is 1.69. The van der Waals surface area contributed by atoms with Crippen molar-refractivity contribution in [3.05, 3.63) is 11.9 Å². The van der Waals surface area contributed by atoms with E-state index in [0.717, 1.165) is 43.8 Å². The number of fused-ring (bicyclic) bond motifs is 2. The summed E-state index contributed by atoms with van der Waals surface area (Å²) in [5, 5.41) is 15.7. The third-order valence-electron chi connectivity index (χ3n) is 5.01. The number of hydrogen-bond acceptors (Lipinski definition) is 4. The van der Waals surface area contributed by atoms with Crippen LogP contribution in [0.5, 0.6) is 5.75 Å². The van der Waals surface area contributed by atoms with Crippen molar-refractivity contribution in [2.45, 2.75) is 37.8 Å². The van der Waals surface area contributed by atoms with Crippen molar-refractivity contribution in [3.8, 4) is 5.75 Å². The Balaban J connectivity index is 1.92. The molecule has 3 rings (SSSR count). The fourth-order valence-corrected chi connectivity index (χ4v) is 4.01. The molecule has 5 heteroatoms. The van der Waals surface area contributed by atoms with Crippen LogP contribution in [0.2, 0.25) is 0 Å². The number of ether oxygens (including phenoxy) is 1. The van der Waals surface area contributed by atoms with Crippen molar-refractivity contribution in [3.63, 3.8) is 0 Å². The van der Waals surface area contributed by atoms with Gasteiger partial charge in [0.1, 0.15) is 11.3 Å². The Morgan fingerprint density at radius 1 is 1.50 bits per heavy atom. The van der Waals surface area contributed by atoms with E-state index >= 15 is 0 Å². The average Bonchev–Trinajstić information content (AvgIpc) is 3.09. The molecule has 1 heterocycles. The van der Waals surface area contributed by atoms with Crippen LogP contribution in [-0.2, 0) is 12.1 Å². The van der Waals surface area contributed by atoms with E-state index in [0.29, 0.717) is 11.8 Å². The Morgan fingerprint density at radius 2 is 2.30 bits per heavy atom. The van der Waals surface area contributed by atoms with E-state index in [1.54, 1.807) is 13.3 Å². The summed E-state index contributed by atoms with van der Waals surface area (Å²) in [6, 6.07) is 0. The molecule has 1 N–H and O–H groups in total. The van der Waals surface area contributed by atoms with Gasteiger partial charge in [0.25, 0.3) is 0 Å². The van der Waals surface area contributed by atoms with Gasteiger partial charge in [-0.15, -0.1) is 0 Å². The van der Waals surface area contributed by atoms with E-state index in [4.69, 9.17) is 4.74 Å². The van der Waals surface area contributed by atoms with Gasteiger partial charge in [-0.05, 0) is 51.6 Å². The first kappa shape index (κ1) is 13.9.